The van der Waals surface area contributed by atoms with E-state index in [0.29, 0.717) is 10.0 Å². The number of carboxylic acids is 1. The van der Waals surface area contributed by atoms with Gasteiger partial charge in [0.1, 0.15) is 11.6 Å². The minimum Gasteiger partial charge on any atom is -0.478 e. The Kier molecular flexibility index (Phi) is 5.70. The Morgan fingerprint density at radius 3 is 2.47 bits per heavy atom. The fraction of sp³-hybridized carbons (Fsp3) is 0.0455. The Hall–Kier alpha value is -3.30. The van der Waals surface area contributed by atoms with Crippen LogP contribution in [0.1, 0.15) is 48.2 Å². The van der Waals surface area contributed by atoms with Crippen LogP contribution >= 0.6 is 27.5 Å². The molecular formula is C22H12BrClF2N2O4. The molecule has 0 saturated carbocycles. The summed E-state index contributed by atoms with van der Waals surface area (Å²) in [5.74, 6) is -4.10. The molecule has 4 rings (SSSR count). The van der Waals surface area contributed by atoms with Crippen molar-refractivity contribution in [2.45, 2.75) is 6.04 Å². The first-order valence-corrected chi connectivity index (χ1v) is 10.3. The van der Waals surface area contributed by atoms with E-state index >= 15 is 0 Å². The molecule has 0 fully saturated rings. The lowest BCUT2D eigenvalue weighted by atomic mass is 9.96. The topological polar surface area (TPSA) is 95.5 Å². The second-order valence-corrected chi connectivity index (χ2v) is 8.30. The maximum Gasteiger partial charge on any atom is 0.335 e. The fourth-order valence-electron chi connectivity index (χ4n) is 3.51. The summed E-state index contributed by atoms with van der Waals surface area (Å²) in [6.07, 6.45) is 0. The summed E-state index contributed by atoms with van der Waals surface area (Å²) in [6.45, 7) is 0. The van der Waals surface area contributed by atoms with Gasteiger partial charge in [0, 0.05) is 37.4 Å². The Morgan fingerprint density at radius 2 is 1.75 bits per heavy atom. The number of anilines is 1. The highest BCUT2D eigenvalue weighted by Crippen LogP contribution is 2.41. The molecule has 10 heteroatoms. The van der Waals surface area contributed by atoms with Crippen LogP contribution in [0.5, 0.6) is 0 Å². The zero-order valence-electron chi connectivity index (χ0n) is 15.9. The molecule has 0 bridgehead atoms. The van der Waals surface area contributed by atoms with Crippen LogP contribution in [-0.2, 0) is 0 Å². The van der Waals surface area contributed by atoms with Gasteiger partial charge in [-0.3, -0.25) is 9.59 Å². The monoisotopic (exact) mass is 520 g/mol. The molecular weight excluding hydrogens is 510 g/mol. The molecule has 3 aromatic rings. The van der Waals surface area contributed by atoms with Gasteiger partial charge in [-0.15, -0.1) is 0 Å². The highest BCUT2D eigenvalue weighted by atomic mass is 79.9. The highest BCUT2D eigenvalue weighted by Gasteiger charge is 2.34. The van der Waals surface area contributed by atoms with Crippen molar-refractivity contribution in [2.75, 3.05) is 5.32 Å². The Bertz CT molecular complexity index is 1320. The molecule has 0 spiro atoms. The molecule has 0 aromatic heterocycles. The SMILES string of the molecule is O=C(O)c1cc(F)cc(C(=O)Nc2cc(Br)cc3c2C(c2cc(F)ccc2Cl)NC3=O)c1. The molecule has 1 aliphatic heterocycles. The first-order chi connectivity index (χ1) is 15.1. The van der Waals surface area contributed by atoms with Crippen LogP contribution in [0.3, 0.4) is 0 Å². The zero-order chi connectivity index (χ0) is 23.2. The molecule has 1 atom stereocenters. The third-order valence-electron chi connectivity index (χ3n) is 4.88. The molecule has 3 N–H and O–H groups in total. The first-order valence-electron chi connectivity index (χ1n) is 9.08. The maximum atomic E-state index is 13.9. The van der Waals surface area contributed by atoms with Crippen LogP contribution in [0.4, 0.5) is 14.5 Å². The number of benzene rings is 3. The molecule has 6 nitrogen and oxygen atoms in total. The summed E-state index contributed by atoms with van der Waals surface area (Å²) < 4.78 is 28.2. The molecule has 3 aromatic carbocycles. The van der Waals surface area contributed by atoms with E-state index in [1.54, 1.807) is 0 Å². The summed E-state index contributed by atoms with van der Waals surface area (Å²) in [5, 5.41) is 14.6. The normalized spacial score (nSPS) is 14.6. The predicted octanol–water partition coefficient (Wildman–Crippen LogP) is 5.16. The maximum absolute atomic E-state index is 13.9. The molecule has 162 valence electrons. The highest BCUT2D eigenvalue weighted by molar-refractivity contribution is 9.10. The van der Waals surface area contributed by atoms with E-state index < -0.39 is 41.0 Å². The molecule has 1 heterocycles. The number of nitrogens with one attached hydrogen (secondary N) is 2. The Balaban J connectivity index is 1.79. The Labute approximate surface area is 193 Å². The number of rotatable bonds is 4. The number of amides is 2. The van der Waals surface area contributed by atoms with Crippen LogP contribution in [-0.4, -0.2) is 22.9 Å². The van der Waals surface area contributed by atoms with E-state index in [0.717, 1.165) is 18.2 Å². The predicted molar refractivity (Wildman–Crippen MR) is 116 cm³/mol. The van der Waals surface area contributed by atoms with E-state index in [9.17, 15) is 23.2 Å². The average Bonchev–Trinajstić information content (AvgIpc) is 3.05. The molecule has 1 aliphatic rings. The zero-order valence-corrected chi connectivity index (χ0v) is 18.2. The smallest absolute Gasteiger partial charge is 0.335 e. The van der Waals surface area contributed by atoms with Crippen LogP contribution in [0, 0.1) is 11.6 Å². The number of fused-ring (bicyclic) bond motifs is 1. The number of carbonyl (C=O) groups excluding carboxylic acids is 2. The Morgan fingerprint density at radius 1 is 1.03 bits per heavy atom. The van der Waals surface area contributed by atoms with Crippen LogP contribution in [0.15, 0.2) is 53.0 Å². The molecule has 2 amide bonds. The van der Waals surface area contributed by atoms with Crippen LogP contribution < -0.4 is 10.6 Å². The summed E-state index contributed by atoms with van der Waals surface area (Å²) in [4.78, 5) is 36.6. The second kappa shape index (κ2) is 8.33. The lowest BCUT2D eigenvalue weighted by Crippen LogP contribution is -2.21. The lowest BCUT2D eigenvalue weighted by Gasteiger charge is -2.18. The number of halogens is 4. The van der Waals surface area contributed by atoms with Crippen LogP contribution in [0.25, 0.3) is 0 Å². The fourth-order valence-corrected chi connectivity index (χ4v) is 4.19. The van der Waals surface area contributed by atoms with Gasteiger partial charge in [0.05, 0.1) is 11.6 Å². The van der Waals surface area contributed by atoms with Gasteiger partial charge < -0.3 is 15.7 Å². The van der Waals surface area contributed by atoms with Gasteiger partial charge in [-0.05, 0) is 48.5 Å². The van der Waals surface area contributed by atoms with Crippen LogP contribution in [0.2, 0.25) is 5.02 Å². The summed E-state index contributed by atoms with van der Waals surface area (Å²) in [7, 11) is 0. The van der Waals surface area contributed by atoms with Gasteiger partial charge in [-0.1, -0.05) is 27.5 Å². The van der Waals surface area contributed by atoms with E-state index in [1.807, 2.05) is 0 Å². The summed E-state index contributed by atoms with van der Waals surface area (Å²) >= 11 is 9.51. The third-order valence-corrected chi connectivity index (χ3v) is 5.68. The van der Waals surface area contributed by atoms with Gasteiger partial charge >= 0.3 is 5.97 Å². The minimum atomic E-state index is -1.39. The number of hydrogen-bond acceptors (Lipinski definition) is 3. The first kappa shape index (κ1) is 21.9. The number of aromatic carboxylic acids is 1. The third kappa shape index (κ3) is 4.09. The van der Waals surface area contributed by atoms with Crippen molar-refractivity contribution in [3.63, 3.8) is 0 Å². The van der Waals surface area contributed by atoms with Crippen molar-refractivity contribution in [3.05, 3.63) is 97.5 Å². The van der Waals surface area contributed by atoms with Gasteiger partial charge in [-0.2, -0.15) is 0 Å². The van der Waals surface area contributed by atoms with Crippen molar-refractivity contribution in [3.8, 4) is 0 Å². The van der Waals surface area contributed by atoms with E-state index in [1.165, 1.54) is 30.3 Å². The number of carboxylic acid groups (broad SMARTS) is 1. The van der Waals surface area contributed by atoms with Crippen molar-refractivity contribution in [2.24, 2.45) is 0 Å². The van der Waals surface area contributed by atoms with Crippen molar-refractivity contribution >= 4 is 51.0 Å². The van der Waals surface area contributed by atoms with Crippen molar-refractivity contribution < 1.29 is 28.3 Å². The van der Waals surface area contributed by atoms with Gasteiger partial charge in [0.2, 0.25) is 0 Å². The summed E-state index contributed by atoms with van der Waals surface area (Å²) in [6, 6.07) is 8.64. The number of carbonyl (C=O) groups is 3. The quantitative estimate of drug-likeness (QED) is 0.442. The molecule has 0 saturated heterocycles. The van der Waals surface area contributed by atoms with Gasteiger partial charge in [0.25, 0.3) is 11.8 Å². The summed E-state index contributed by atoms with van der Waals surface area (Å²) in [5.41, 5.74) is 0.420. The van der Waals surface area contributed by atoms with E-state index in [4.69, 9.17) is 16.7 Å². The average molecular weight is 522 g/mol. The van der Waals surface area contributed by atoms with Gasteiger partial charge in [0.15, 0.2) is 0 Å². The standard InChI is InChI=1S/C22H12BrClF2N2O4/c23-11-6-15-18(19(28-21(15)30)14-8-12(25)1-2-16(14)24)17(7-11)27-20(29)9-3-10(22(31)32)5-13(26)4-9/h1-8,19H,(H,27,29)(H,28,30)(H,31,32). The molecule has 0 aliphatic carbocycles. The van der Waals surface area contributed by atoms with E-state index in [2.05, 4.69) is 26.6 Å². The largest absolute Gasteiger partial charge is 0.478 e. The molecule has 0 radical (unpaired) electrons. The van der Waals surface area contributed by atoms with Gasteiger partial charge in [-0.25, -0.2) is 13.6 Å². The number of hydrogen-bond donors (Lipinski definition) is 3. The molecule has 32 heavy (non-hydrogen) atoms. The lowest BCUT2D eigenvalue weighted by molar-refractivity contribution is 0.0696. The van der Waals surface area contributed by atoms with E-state index in [-0.39, 0.29) is 27.4 Å². The second-order valence-electron chi connectivity index (χ2n) is 6.97. The molecule has 1 unspecified atom stereocenters. The minimum absolute atomic E-state index is 0.184. The van der Waals surface area contributed by atoms with Crippen molar-refractivity contribution in [1.82, 2.24) is 5.32 Å². The van der Waals surface area contributed by atoms with Crippen molar-refractivity contribution in [1.29, 1.82) is 0 Å².